The lowest BCUT2D eigenvalue weighted by molar-refractivity contribution is 0.334. The summed E-state index contributed by atoms with van der Waals surface area (Å²) in [4.78, 5) is 4.26. The molecule has 0 aliphatic heterocycles. The molecular formula is C13H25N3. The van der Waals surface area contributed by atoms with Gasteiger partial charge in [-0.15, -0.1) is 0 Å². The van der Waals surface area contributed by atoms with Gasteiger partial charge in [0.2, 0.25) is 0 Å². The van der Waals surface area contributed by atoms with Crippen LogP contribution in [0.2, 0.25) is 0 Å². The van der Waals surface area contributed by atoms with E-state index in [0.29, 0.717) is 5.41 Å². The summed E-state index contributed by atoms with van der Waals surface area (Å²) >= 11 is 0. The molecule has 0 unspecified atom stereocenters. The van der Waals surface area contributed by atoms with E-state index in [-0.39, 0.29) is 5.54 Å². The molecule has 0 saturated heterocycles. The third-order valence-corrected chi connectivity index (χ3v) is 3.08. The van der Waals surface area contributed by atoms with Crippen LogP contribution in [-0.4, -0.2) is 16.6 Å². The highest BCUT2D eigenvalue weighted by Gasteiger charge is 2.22. The summed E-state index contributed by atoms with van der Waals surface area (Å²) in [5.74, 6) is 0. The maximum Gasteiger partial charge on any atom is 0.0948 e. The van der Waals surface area contributed by atoms with Crippen molar-refractivity contribution in [3.05, 3.63) is 18.2 Å². The molecule has 0 amide bonds. The first-order valence-electron chi connectivity index (χ1n) is 5.96. The van der Waals surface area contributed by atoms with E-state index in [2.05, 4.69) is 49.5 Å². The minimum Gasteiger partial charge on any atom is -0.333 e. The summed E-state index contributed by atoms with van der Waals surface area (Å²) in [6.45, 7) is 12.2. The molecule has 1 heterocycles. The molecule has 92 valence electrons. The fraction of sp³-hybridized carbons (Fsp3) is 0.769. The van der Waals surface area contributed by atoms with Crippen molar-refractivity contribution in [2.75, 3.05) is 7.05 Å². The molecule has 0 aromatic carbocycles. The van der Waals surface area contributed by atoms with Gasteiger partial charge in [0.25, 0.3) is 0 Å². The van der Waals surface area contributed by atoms with Crippen LogP contribution in [0.5, 0.6) is 0 Å². The fourth-order valence-corrected chi connectivity index (χ4v) is 1.60. The molecule has 3 nitrogen and oxygen atoms in total. The van der Waals surface area contributed by atoms with E-state index in [9.17, 15) is 0 Å². The van der Waals surface area contributed by atoms with Crippen molar-refractivity contribution in [1.29, 1.82) is 0 Å². The molecule has 1 rings (SSSR count). The van der Waals surface area contributed by atoms with Gasteiger partial charge in [-0.2, -0.15) is 0 Å². The summed E-state index contributed by atoms with van der Waals surface area (Å²) in [6, 6.07) is 0. The summed E-state index contributed by atoms with van der Waals surface area (Å²) in [5, 5.41) is 3.32. The number of aryl methyl sites for hydroxylation is 1. The van der Waals surface area contributed by atoms with Gasteiger partial charge in [-0.25, -0.2) is 4.98 Å². The zero-order valence-electron chi connectivity index (χ0n) is 11.5. The number of hydrogen-bond donors (Lipinski definition) is 1. The van der Waals surface area contributed by atoms with E-state index in [0.717, 1.165) is 13.0 Å². The smallest absolute Gasteiger partial charge is 0.0948 e. The van der Waals surface area contributed by atoms with Crippen molar-refractivity contribution in [2.45, 2.75) is 53.1 Å². The number of nitrogens with one attached hydrogen (secondary N) is 1. The van der Waals surface area contributed by atoms with Gasteiger partial charge in [0, 0.05) is 12.7 Å². The molecular weight excluding hydrogens is 198 g/mol. The second-order valence-electron chi connectivity index (χ2n) is 6.16. The van der Waals surface area contributed by atoms with E-state index in [1.165, 1.54) is 5.69 Å². The third-order valence-electron chi connectivity index (χ3n) is 3.08. The fourth-order valence-electron chi connectivity index (χ4n) is 1.60. The largest absolute Gasteiger partial charge is 0.333 e. The Bertz CT molecular complexity index is 331. The van der Waals surface area contributed by atoms with E-state index in [1.807, 2.05) is 19.6 Å². The second kappa shape index (κ2) is 4.58. The summed E-state index contributed by atoms with van der Waals surface area (Å²) in [7, 11) is 1.99. The lowest BCUT2D eigenvalue weighted by Gasteiger charge is -2.27. The van der Waals surface area contributed by atoms with Crippen molar-refractivity contribution in [3.8, 4) is 0 Å². The van der Waals surface area contributed by atoms with Crippen LogP contribution in [0, 0.1) is 5.41 Å². The van der Waals surface area contributed by atoms with Crippen LogP contribution < -0.4 is 5.32 Å². The Morgan fingerprint density at radius 3 is 2.38 bits per heavy atom. The van der Waals surface area contributed by atoms with Crippen molar-refractivity contribution in [3.63, 3.8) is 0 Å². The zero-order valence-corrected chi connectivity index (χ0v) is 11.5. The van der Waals surface area contributed by atoms with Crippen LogP contribution in [0.1, 0.15) is 46.7 Å². The number of imidazole rings is 1. The summed E-state index contributed by atoms with van der Waals surface area (Å²) in [5.41, 5.74) is 1.60. The van der Waals surface area contributed by atoms with Crippen molar-refractivity contribution >= 4 is 0 Å². The van der Waals surface area contributed by atoms with E-state index in [1.54, 1.807) is 0 Å². The van der Waals surface area contributed by atoms with Crippen LogP contribution in [0.3, 0.4) is 0 Å². The zero-order chi connectivity index (χ0) is 12.4. The van der Waals surface area contributed by atoms with Crippen LogP contribution in [0.4, 0.5) is 0 Å². The monoisotopic (exact) mass is 223 g/mol. The highest BCUT2D eigenvalue weighted by molar-refractivity contribution is 5.10. The minimum absolute atomic E-state index is 0.0195. The van der Waals surface area contributed by atoms with Crippen molar-refractivity contribution in [2.24, 2.45) is 5.41 Å². The van der Waals surface area contributed by atoms with Crippen LogP contribution in [-0.2, 0) is 12.1 Å². The summed E-state index contributed by atoms with van der Waals surface area (Å²) < 4.78 is 2.25. The molecule has 0 radical (unpaired) electrons. The quantitative estimate of drug-likeness (QED) is 0.850. The van der Waals surface area contributed by atoms with Crippen molar-refractivity contribution in [1.82, 2.24) is 14.9 Å². The maximum absolute atomic E-state index is 4.26. The Balaban J connectivity index is 2.79. The van der Waals surface area contributed by atoms with Crippen LogP contribution in [0.25, 0.3) is 0 Å². The van der Waals surface area contributed by atoms with Crippen LogP contribution >= 0.6 is 0 Å². The predicted molar refractivity (Wildman–Crippen MR) is 68.4 cm³/mol. The number of hydrogen-bond acceptors (Lipinski definition) is 2. The molecule has 0 atom stereocenters. The SMILES string of the molecule is CNC(C)(C)c1cncn1CCC(C)(C)C. The summed E-state index contributed by atoms with van der Waals surface area (Å²) in [6.07, 6.45) is 5.05. The molecule has 0 bridgehead atoms. The first-order valence-corrected chi connectivity index (χ1v) is 5.96. The number of rotatable bonds is 4. The number of aromatic nitrogens is 2. The van der Waals surface area contributed by atoms with E-state index < -0.39 is 0 Å². The Labute approximate surface area is 99.3 Å². The molecule has 1 N–H and O–H groups in total. The molecule has 0 aliphatic rings. The molecule has 1 aromatic rings. The van der Waals surface area contributed by atoms with Crippen molar-refractivity contribution < 1.29 is 0 Å². The molecule has 3 heteroatoms. The lowest BCUT2D eigenvalue weighted by Crippen LogP contribution is -2.35. The Hall–Kier alpha value is -0.830. The Kier molecular flexibility index (Phi) is 3.79. The van der Waals surface area contributed by atoms with Gasteiger partial charge < -0.3 is 9.88 Å². The van der Waals surface area contributed by atoms with Gasteiger partial charge in [0.15, 0.2) is 0 Å². The molecule has 0 saturated carbocycles. The topological polar surface area (TPSA) is 29.9 Å². The van der Waals surface area contributed by atoms with E-state index >= 15 is 0 Å². The van der Waals surface area contributed by atoms with Gasteiger partial charge in [0.1, 0.15) is 0 Å². The molecule has 1 aromatic heterocycles. The maximum atomic E-state index is 4.26. The second-order valence-corrected chi connectivity index (χ2v) is 6.16. The van der Waals surface area contributed by atoms with E-state index in [4.69, 9.17) is 0 Å². The third kappa shape index (κ3) is 3.34. The predicted octanol–water partition coefficient (Wildman–Crippen LogP) is 2.77. The highest BCUT2D eigenvalue weighted by Crippen LogP contribution is 2.23. The van der Waals surface area contributed by atoms with Gasteiger partial charge in [-0.05, 0) is 32.7 Å². The average Bonchev–Trinajstić information content (AvgIpc) is 2.62. The van der Waals surface area contributed by atoms with Gasteiger partial charge >= 0.3 is 0 Å². The first kappa shape index (κ1) is 13.2. The molecule has 0 fully saturated rings. The molecule has 0 spiro atoms. The molecule has 16 heavy (non-hydrogen) atoms. The highest BCUT2D eigenvalue weighted by atomic mass is 15.1. The average molecular weight is 223 g/mol. The van der Waals surface area contributed by atoms with Gasteiger partial charge in [-0.1, -0.05) is 20.8 Å². The van der Waals surface area contributed by atoms with Crippen LogP contribution in [0.15, 0.2) is 12.5 Å². The molecule has 0 aliphatic carbocycles. The Morgan fingerprint density at radius 2 is 1.88 bits per heavy atom. The lowest BCUT2D eigenvalue weighted by atomic mass is 9.92. The van der Waals surface area contributed by atoms with Gasteiger partial charge in [0.05, 0.1) is 17.6 Å². The first-order chi connectivity index (χ1) is 7.26. The standard InChI is InChI=1S/C13H25N3/c1-12(2,3)7-8-16-10-15-9-11(16)13(4,5)14-6/h9-10,14H,7-8H2,1-6H3. The van der Waals surface area contributed by atoms with Gasteiger partial charge in [-0.3, -0.25) is 0 Å². The number of nitrogens with zero attached hydrogens (tertiary/aromatic N) is 2. The normalized spacial score (nSPS) is 13.1. The minimum atomic E-state index is -0.0195. The Morgan fingerprint density at radius 1 is 1.25 bits per heavy atom.